The molecule has 0 saturated carbocycles. The summed E-state index contributed by atoms with van der Waals surface area (Å²) in [6, 6.07) is 8.62. The number of nitrogens with zero attached hydrogens (tertiary/aromatic N) is 1. The number of hydrogen-bond donors (Lipinski definition) is 2. The monoisotopic (exact) mass is 473 g/mol. The number of fused-ring (bicyclic) bond motifs is 2. The molecule has 2 saturated heterocycles. The summed E-state index contributed by atoms with van der Waals surface area (Å²) >= 11 is 0. The lowest BCUT2D eigenvalue weighted by Crippen LogP contribution is -2.47. The zero-order valence-electron chi connectivity index (χ0n) is 15.9. The summed E-state index contributed by atoms with van der Waals surface area (Å²) in [4.78, 5) is 4.75. The molecule has 146 valence electrons. The van der Waals surface area contributed by atoms with Gasteiger partial charge in [0, 0.05) is 6.54 Å². The van der Waals surface area contributed by atoms with Gasteiger partial charge in [-0.25, -0.2) is 4.99 Å². The SMILES string of the molecule is CCCCOc1cccc(CN=C(NCC)NC2CC3CCC2O3)c1.I. The first kappa shape index (κ1) is 21.3. The Kier molecular flexibility index (Phi) is 8.98. The molecular weight excluding hydrogens is 441 g/mol. The average molecular weight is 473 g/mol. The summed E-state index contributed by atoms with van der Waals surface area (Å²) in [5, 5.41) is 6.91. The van der Waals surface area contributed by atoms with Crippen LogP contribution < -0.4 is 15.4 Å². The third-order valence-corrected chi connectivity index (χ3v) is 4.86. The molecule has 0 spiro atoms. The molecule has 1 aromatic rings. The van der Waals surface area contributed by atoms with Gasteiger partial charge in [-0.1, -0.05) is 25.5 Å². The van der Waals surface area contributed by atoms with Gasteiger partial charge in [-0.3, -0.25) is 0 Å². The second-order valence-electron chi connectivity index (χ2n) is 6.91. The first-order valence-electron chi connectivity index (χ1n) is 9.70. The number of aliphatic imine (C=N–C) groups is 1. The van der Waals surface area contributed by atoms with Crippen LogP contribution in [0.1, 0.15) is 51.5 Å². The molecule has 2 aliphatic heterocycles. The van der Waals surface area contributed by atoms with Crippen molar-refractivity contribution in [2.75, 3.05) is 13.2 Å². The van der Waals surface area contributed by atoms with Gasteiger partial charge in [0.1, 0.15) is 5.75 Å². The van der Waals surface area contributed by atoms with Crippen LogP contribution in [0.2, 0.25) is 0 Å². The highest BCUT2D eigenvalue weighted by atomic mass is 127. The Morgan fingerprint density at radius 3 is 2.88 bits per heavy atom. The lowest BCUT2D eigenvalue weighted by atomic mass is 9.96. The molecule has 0 amide bonds. The first-order chi connectivity index (χ1) is 12.3. The highest BCUT2D eigenvalue weighted by Crippen LogP contribution is 2.34. The maximum atomic E-state index is 5.93. The fourth-order valence-electron chi connectivity index (χ4n) is 3.52. The van der Waals surface area contributed by atoms with Crippen molar-refractivity contribution in [2.45, 2.75) is 70.7 Å². The standard InChI is InChI=1S/C20H31N3O2.HI/c1-3-5-11-24-16-8-6-7-15(12-16)14-22-20(21-4-2)23-18-13-17-9-10-19(18)25-17;/h6-8,12,17-19H,3-5,9-11,13-14H2,1-2H3,(H2,21,22,23);1H. The van der Waals surface area contributed by atoms with Crippen LogP contribution in [0.4, 0.5) is 0 Å². The predicted octanol–water partition coefficient (Wildman–Crippen LogP) is 3.86. The number of benzene rings is 1. The minimum Gasteiger partial charge on any atom is -0.494 e. The summed E-state index contributed by atoms with van der Waals surface area (Å²) in [5.74, 6) is 1.81. The van der Waals surface area contributed by atoms with Crippen LogP contribution in [-0.4, -0.2) is 37.4 Å². The van der Waals surface area contributed by atoms with E-state index < -0.39 is 0 Å². The van der Waals surface area contributed by atoms with Gasteiger partial charge < -0.3 is 20.1 Å². The van der Waals surface area contributed by atoms with Crippen molar-refractivity contribution in [1.29, 1.82) is 0 Å². The van der Waals surface area contributed by atoms with E-state index in [1.54, 1.807) is 0 Å². The van der Waals surface area contributed by atoms with E-state index in [4.69, 9.17) is 14.5 Å². The summed E-state index contributed by atoms with van der Waals surface area (Å²) in [6.07, 6.45) is 6.50. The molecule has 6 heteroatoms. The quantitative estimate of drug-likeness (QED) is 0.261. The lowest BCUT2D eigenvalue weighted by molar-refractivity contribution is 0.0992. The van der Waals surface area contributed by atoms with Crippen molar-refractivity contribution < 1.29 is 9.47 Å². The van der Waals surface area contributed by atoms with Crippen molar-refractivity contribution in [1.82, 2.24) is 10.6 Å². The van der Waals surface area contributed by atoms with Crippen LogP contribution >= 0.6 is 24.0 Å². The summed E-state index contributed by atoms with van der Waals surface area (Å²) in [7, 11) is 0. The predicted molar refractivity (Wildman–Crippen MR) is 117 cm³/mol. The smallest absolute Gasteiger partial charge is 0.191 e. The minimum absolute atomic E-state index is 0. The van der Waals surface area contributed by atoms with Gasteiger partial charge in [0.25, 0.3) is 0 Å². The van der Waals surface area contributed by atoms with E-state index in [2.05, 4.69) is 36.6 Å². The van der Waals surface area contributed by atoms with Gasteiger partial charge >= 0.3 is 0 Å². The van der Waals surface area contributed by atoms with E-state index in [-0.39, 0.29) is 24.0 Å². The van der Waals surface area contributed by atoms with Crippen LogP contribution in [-0.2, 0) is 11.3 Å². The maximum absolute atomic E-state index is 5.93. The molecule has 3 unspecified atom stereocenters. The summed E-state index contributed by atoms with van der Waals surface area (Å²) in [5.41, 5.74) is 1.16. The third kappa shape index (κ3) is 6.01. The molecule has 2 bridgehead atoms. The van der Waals surface area contributed by atoms with E-state index in [9.17, 15) is 0 Å². The molecule has 0 radical (unpaired) electrons. The Balaban J connectivity index is 0.00000243. The van der Waals surface area contributed by atoms with Crippen LogP contribution in [0.15, 0.2) is 29.3 Å². The molecule has 2 fully saturated rings. The van der Waals surface area contributed by atoms with Gasteiger partial charge in [-0.15, -0.1) is 24.0 Å². The number of guanidine groups is 1. The normalized spacial score (nSPS) is 24.2. The van der Waals surface area contributed by atoms with Crippen LogP contribution in [0.25, 0.3) is 0 Å². The Morgan fingerprint density at radius 2 is 2.19 bits per heavy atom. The zero-order valence-corrected chi connectivity index (χ0v) is 18.2. The second kappa shape index (κ2) is 11.0. The van der Waals surface area contributed by atoms with E-state index in [1.807, 2.05) is 12.1 Å². The number of hydrogen-bond acceptors (Lipinski definition) is 3. The van der Waals surface area contributed by atoms with Crippen LogP contribution in [0.3, 0.4) is 0 Å². The topological polar surface area (TPSA) is 54.9 Å². The van der Waals surface area contributed by atoms with Crippen molar-refractivity contribution in [3.63, 3.8) is 0 Å². The van der Waals surface area contributed by atoms with Gasteiger partial charge in [0.05, 0.1) is 31.4 Å². The molecule has 5 nitrogen and oxygen atoms in total. The lowest BCUT2D eigenvalue weighted by Gasteiger charge is -2.22. The van der Waals surface area contributed by atoms with Crippen molar-refractivity contribution in [3.8, 4) is 5.75 Å². The Morgan fingerprint density at radius 1 is 1.31 bits per heavy atom. The highest BCUT2D eigenvalue weighted by Gasteiger charge is 2.41. The minimum atomic E-state index is 0. The fourth-order valence-corrected chi connectivity index (χ4v) is 3.52. The zero-order chi connectivity index (χ0) is 17.5. The molecule has 0 aliphatic carbocycles. The number of ether oxygens (including phenoxy) is 2. The van der Waals surface area contributed by atoms with Crippen LogP contribution in [0.5, 0.6) is 5.75 Å². The molecule has 2 aliphatic rings. The number of rotatable bonds is 8. The molecule has 2 heterocycles. The van der Waals surface area contributed by atoms with Gasteiger partial charge in [-0.2, -0.15) is 0 Å². The molecule has 26 heavy (non-hydrogen) atoms. The molecule has 3 rings (SSSR count). The second-order valence-corrected chi connectivity index (χ2v) is 6.91. The van der Waals surface area contributed by atoms with E-state index >= 15 is 0 Å². The third-order valence-electron chi connectivity index (χ3n) is 4.86. The van der Waals surface area contributed by atoms with E-state index in [0.29, 0.717) is 24.8 Å². The van der Waals surface area contributed by atoms with Crippen molar-refractivity contribution >= 4 is 29.9 Å². The first-order valence-corrected chi connectivity index (χ1v) is 9.70. The van der Waals surface area contributed by atoms with Crippen LogP contribution in [0, 0.1) is 0 Å². The van der Waals surface area contributed by atoms with E-state index in [0.717, 1.165) is 49.7 Å². The summed E-state index contributed by atoms with van der Waals surface area (Å²) in [6.45, 7) is 6.54. The number of unbranched alkanes of at least 4 members (excludes halogenated alkanes) is 1. The van der Waals surface area contributed by atoms with Gasteiger partial charge in [-0.05, 0) is 50.3 Å². The summed E-state index contributed by atoms with van der Waals surface area (Å²) < 4.78 is 11.7. The molecular formula is C20H32IN3O2. The Bertz CT molecular complexity index is 582. The van der Waals surface area contributed by atoms with Gasteiger partial charge in [0.15, 0.2) is 5.96 Å². The Hall–Kier alpha value is -1.02. The van der Waals surface area contributed by atoms with Gasteiger partial charge in [0.2, 0.25) is 0 Å². The molecule has 1 aromatic carbocycles. The molecule has 3 atom stereocenters. The molecule has 0 aromatic heterocycles. The average Bonchev–Trinajstić information content (AvgIpc) is 3.23. The van der Waals surface area contributed by atoms with Crippen molar-refractivity contribution in [2.24, 2.45) is 4.99 Å². The van der Waals surface area contributed by atoms with Crippen molar-refractivity contribution in [3.05, 3.63) is 29.8 Å². The molecule has 2 N–H and O–H groups in total. The Labute approximate surface area is 174 Å². The largest absolute Gasteiger partial charge is 0.494 e. The highest BCUT2D eigenvalue weighted by molar-refractivity contribution is 14.0. The number of halogens is 1. The van der Waals surface area contributed by atoms with E-state index in [1.165, 1.54) is 12.8 Å². The number of nitrogens with one attached hydrogen (secondary N) is 2. The fraction of sp³-hybridized carbons (Fsp3) is 0.650. The maximum Gasteiger partial charge on any atom is 0.191 e.